The SMILES string of the molecule is Cc1cc(-c2cccc(C(F)(F)F)c2)c(-c2cnccn2)nc1C(=O)N1CCC(N2CCCC2)CC1. The topological polar surface area (TPSA) is 62.2 Å². The average molecular weight is 496 g/mol. The van der Waals surface area contributed by atoms with Gasteiger partial charge in [-0.25, -0.2) is 4.98 Å². The van der Waals surface area contributed by atoms with Crippen LogP contribution < -0.4 is 0 Å². The van der Waals surface area contributed by atoms with Crippen LogP contribution in [0, 0.1) is 6.92 Å². The van der Waals surface area contributed by atoms with Crippen molar-refractivity contribution in [3.63, 3.8) is 0 Å². The van der Waals surface area contributed by atoms with Crippen molar-refractivity contribution < 1.29 is 18.0 Å². The molecule has 6 nitrogen and oxygen atoms in total. The zero-order valence-corrected chi connectivity index (χ0v) is 20.1. The summed E-state index contributed by atoms with van der Waals surface area (Å²) >= 11 is 0. The van der Waals surface area contributed by atoms with Gasteiger partial charge in [0.2, 0.25) is 0 Å². The predicted molar refractivity (Wildman–Crippen MR) is 130 cm³/mol. The van der Waals surface area contributed by atoms with Crippen molar-refractivity contribution in [1.82, 2.24) is 24.8 Å². The van der Waals surface area contributed by atoms with E-state index in [9.17, 15) is 18.0 Å². The number of alkyl halides is 3. The highest BCUT2D eigenvalue weighted by Crippen LogP contribution is 2.36. The molecule has 4 heterocycles. The fraction of sp³-hybridized carbons (Fsp3) is 0.407. The molecule has 3 aromatic rings. The number of aromatic nitrogens is 3. The molecule has 2 aliphatic rings. The van der Waals surface area contributed by atoms with Crippen LogP contribution in [0.15, 0.2) is 48.9 Å². The van der Waals surface area contributed by atoms with E-state index in [1.165, 1.54) is 37.5 Å². The van der Waals surface area contributed by atoms with Gasteiger partial charge in [0.05, 0.1) is 17.5 Å². The first kappa shape index (κ1) is 24.4. The molecule has 0 saturated carbocycles. The van der Waals surface area contributed by atoms with Gasteiger partial charge in [0.1, 0.15) is 11.4 Å². The van der Waals surface area contributed by atoms with Gasteiger partial charge < -0.3 is 9.80 Å². The number of pyridine rings is 1. The molecule has 0 aliphatic carbocycles. The number of hydrogen-bond donors (Lipinski definition) is 0. The maximum atomic E-state index is 13.5. The average Bonchev–Trinajstić information content (AvgIpc) is 3.43. The molecule has 188 valence electrons. The summed E-state index contributed by atoms with van der Waals surface area (Å²) in [6.45, 7) is 5.37. The molecule has 9 heteroatoms. The molecule has 0 unspecified atom stereocenters. The summed E-state index contributed by atoms with van der Waals surface area (Å²) in [6, 6.07) is 7.37. The number of piperidine rings is 1. The number of carbonyl (C=O) groups is 1. The minimum absolute atomic E-state index is 0.159. The lowest BCUT2D eigenvalue weighted by molar-refractivity contribution is -0.137. The molecular weight excluding hydrogens is 467 g/mol. The Morgan fingerprint density at radius 2 is 1.78 bits per heavy atom. The van der Waals surface area contributed by atoms with Gasteiger partial charge in [0.15, 0.2) is 0 Å². The first-order chi connectivity index (χ1) is 17.3. The third kappa shape index (κ3) is 4.97. The second-order valence-corrected chi connectivity index (χ2v) is 9.49. The first-order valence-electron chi connectivity index (χ1n) is 12.3. The van der Waals surface area contributed by atoms with Gasteiger partial charge in [0.25, 0.3) is 5.91 Å². The monoisotopic (exact) mass is 495 g/mol. The van der Waals surface area contributed by atoms with E-state index in [1.54, 1.807) is 19.1 Å². The Morgan fingerprint density at radius 3 is 2.44 bits per heavy atom. The number of aryl methyl sites for hydroxylation is 1. The van der Waals surface area contributed by atoms with Gasteiger partial charge in [-0.3, -0.25) is 14.8 Å². The molecule has 36 heavy (non-hydrogen) atoms. The molecule has 0 radical (unpaired) electrons. The van der Waals surface area contributed by atoms with E-state index in [0.717, 1.165) is 38.1 Å². The second-order valence-electron chi connectivity index (χ2n) is 9.49. The number of halogens is 3. The van der Waals surface area contributed by atoms with E-state index in [0.29, 0.717) is 52.9 Å². The number of hydrogen-bond acceptors (Lipinski definition) is 5. The third-order valence-corrected chi connectivity index (χ3v) is 7.13. The molecule has 2 saturated heterocycles. The molecule has 1 aromatic carbocycles. The number of carbonyl (C=O) groups excluding carboxylic acids is 1. The van der Waals surface area contributed by atoms with Crippen molar-refractivity contribution in [2.45, 2.75) is 44.8 Å². The molecule has 2 fully saturated rings. The van der Waals surface area contributed by atoms with Gasteiger partial charge in [-0.05, 0) is 75.0 Å². The van der Waals surface area contributed by atoms with Crippen molar-refractivity contribution in [3.05, 3.63) is 65.7 Å². The third-order valence-electron chi connectivity index (χ3n) is 7.13. The van der Waals surface area contributed by atoms with Crippen LogP contribution in [0.1, 0.15) is 47.3 Å². The molecular formula is C27H28F3N5O. The Labute approximate surface area is 208 Å². The highest BCUT2D eigenvalue weighted by molar-refractivity contribution is 5.96. The van der Waals surface area contributed by atoms with Gasteiger partial charge >= 0.3 is 6.18 Å². The Bertz CT molecular complexity index is 1230. The minimum Gasteiger partial charge on any atom is -0.337 e. The summed E-state index contributed by atoms with van der Waals surface area (Å²) in [7, 11) is 0. The van der Waals surface area contributed by atoms with Gasteiger partial charge in [-0.15, -0.1) is 0 Å². The first-order valence-corrected chi connectivity index (χ1v) is 12.3. The molecule has 2 aromatic heterocycles. The van der Waals surface area contributed by atoms with Crippen molar-refractivity contribution in [2.75, 3.05) is 26.2 Å². The Kier molecular flexibility index (Phi) is 6.75. The van der Waals surface area contributed by atoms with E-state index < -0.39 is 11.7 Å². The van der Waals surface area contributed by atoms with Crippen LogP contribution in [0.5, 0.6) is 0 Å². The highest BCUT2D eigenvalue weighted by Gasteiger charge is 2.32. The van der Waals surface area contributed by atoms with Crippen LogP contribution in [0.3, 0.4) is 0 Å². The fourth-order valence-corrected chi connectivity index (χ4v) is 5.22. The minimum atomic E-state index is -4.47. The largest absolute Gasteiger partial charge is 0.416 e. The van der Waals surface area contributed by atoms with Crippen LogP contribution >= 0.6 is 0 Å². The van der Waals surface area contributed by atoms with E-state index in [2.05, 4.69) is 14.9 Å². The van der Waals surface area contributed by atoms with E-state index >= 15 is 0 Å². The summed E-state index contributed by atoms with van der Waals surface area (Å²) < 4.78 is 40.2. The van der Waals surface area contributed by atoms with Gasteiger partial charge in [-0.1, -0.05) is 12.1 Å². The van der Waals surface area contributed by atoms with Crippen molar-refractivity contribution in [1.29, 1.82) is 0 Å². The molecule has 0 N–H and O–H groups in total. The van der Waals surface area contributed by atoms with Crippen molar-refractivity contribution in [2.24, 2.45) is 0 Å². The van der Waals surface area contributed by atoms with Crippen LogP contribution in [-0.2, 0) is 6.18 Å². The normalized spacial score (nSPS) is 17.5. The maximum Gasteiger partial charge on any atom is 0.416 e. The smallest absolute Gasteiger partial charge is 0.337 e. The highest BCUT2D eigenvalue weighted by atomic mass is 19.4. The number of benzene rings is 1. The molecule has 0 spiro atoms. The molecule has 0 bridgehead atoms. The summed E-state index contributed by atoms with van der Waals surface area (Å²) in [4.78, 5) is 31.0. The fourth-order valence-electron chi connectivity index (χ4n) is 5.22. The van der Waals surface area contributed by atoms with Crippen molar-refractivity contribution >= 4 is 5.91 Å². The Hall–Kier alpha value is -3.33. The predicted octanol–water partition coefficient (Wildman–Crippen LogP) is 5.23. The van der Waals surface area contributed by atoms with Crippen LogP contribution in [-0.4, -0.2) is 62.9 Å². The Balaban J connectivity index is 1.48. The summed E-state index contributed by atoms with van der Waals surface area (Å²) in [5.41, 5.74) is 1.72. The molecule has 0 atom stereocenters. The Morgan fingerprint density at radius 1 is 1.03 bits per heavy atom. The standard InChI is InChI=1S/C27H28F3N5O/c1-18-15-22(19-5-4-6-20(16-19)27(28,29)30)25(23-17-31-9-10-32-23)33-24(18)26(36)35-13-7-21(8-14-35)34-11-2-3-12-34/h4-6,9-10,15-17,21H,2-3,7-8,11-14H2,1H3. The molecule has 5 rings (SSSR count). The summed E-state index contributed by atoms with van der Waals surface area (Å²) in [5.74, 6) is -0.159. The summed E-state index contributed by atoms with van der Waals surface area (Å²) in [5, 5.41) is 0. The van der Waals surface area contributed by atoms with E-state index in [4.69, 9.17) is 4.98 Å². The zero-order valence-electron chi connectivity index (χ0n) is 20.1. The number of amides is 1. The molecule has 2 aliphatic heterocycles. The van der Waals surface area contributed by atoms with Gasteiger partial charge in [-0.2, -0.15) is 13.2 Å². The van der Waals surface area contributed by atoms with Crippen LogP contribution in [0.25, 0.3) is 22.5 Å². The number of rotatable bonds is 4. The lowest BCUT2D eigenvalue weighted by atomic mass is 9.97. The second kappa shape index (κ2) is 9.97. The molecule has 1 amide bonds. The maximum absolute atomic E-state index is 13.5. The number of likely N-dealkylation sites (tertiary alicyclic amines) is 2. The zero-order chi connectivity index (χ0) is 25.3. The van der Waals surface area contributed by atoms with Crippen LogP contribution in [0.2, 0.25) is 0 Å². The van der Waals surface area contributed by atoms with Crippen molar-refractivity contribution in [3.8, 4) is 22.5 Å². The van der Waals surface area contributed by atoms with Gasteiger partial charge in [0, 0.05) is 37.1 Å². The lowest BCUT2D eigenvalue weighted by Gasteiger charge is -2.36. The number of nitrogens with zero attached hydrogens (tertiary/aromatic N) is 5. The lowest BCUT2D eigenvalue weighted by Crippen LogP contribution is -2.46. The van der Waals surface area contributed by atoms with Crippen LogP contribution in [0.4, 0.5) is 13.2 Å². The quantitative estimate of drug-likeness (QED) is 0.496. The summed E-state index contributed by atoms with van der Waals surface area (Å²) in [6.07, 6.45) is 4.40. The van der Waals surface area contributed by atoms with E-state index in [1.807, 2.05) is 4.90 Å². The van der Waals surface area contributed by atoms with E-state index in [-0.39, 0.29) is 5.91 Å².